The smallest absolute Gasteiger partial charge is 0.0798 e. The lowest BCUT2D eigenvalue weighted by atomic mass is 9.49. The van der Waals surface area contributed by atoms with Crippen molar-refractivity contribution in [3.63, 3.8) is 0 Å². The van der Waals surface area contributed by atoms with Gasteiger partial charge >= 0.3 is 0 Å². The van der Waals surface area contributed by atoms with E-state index >= 15 is 0 Å². The number of benzene rings is 1. The number of hydrogen-bond acceptors (Lipinski definition) is 1. The Hall–Kier alpha value is -0.820. The summed E-state index contributed by atoms with van der Waals surface area (Å²) in [5.74, 6) is 0.591. The van der Waals surface area contributed by atoms with Crippen LogP contribution in [0.4, 0.5) is 0 Å². The molecule has 0 radical (unpaired) electrons. The summed E-state index contributed by atoms with van der Waals surface area (Å²) in [6.45, 7) is 11.7. The third-order valence-corrected chi connectivity index (χ3v) is 6.58. The molecule has 1 aromatic carbocycles. The molecule has 21 heavy (non-hydrogen) atoms. The van der Waals surface area contributed by atoms with Gasteiger partial charge in [0.2, 0.25) is 0 Å². The Morgan fingerprint density at radius 1 is 1.19 bits per heavy atom. The fraction of sp³-hybridized carbons (Fsp3) is 0.700. The predicted molar refractivity (Wildman–Crippen MR) is 88.6 cm³/mol. The zero-order valence-corrected chi connectivity index (χ0v) is 14.3. The van der Waals surface area contributed by atoms with E-state index in [2.05, 4.69) is 46.8 Å². The van der Waals surface area contributed by atoms with Crippen LogP contribution in [0, 0.1) is 18.3 Å². The molecule has 3 unspecified atom stereocenters. The van der Waals surface area contributed by atoms with Gasteiger partial charge < -0.3 is 5.11 Å². The Bertz CT molecular complexity index is 557. The Labute approximate surface area is 129 Å². The summed E-state index contributed by atoms with van der Waals surface area (Å²) in [6.07, 6.45) is 5.56. The molecule has 3 rings (SSSR count). The highest BCUT2D eigenvalue weighted by atomic mass is 16.3. The fourth-order valence-corrected chi connectivity index (χ4v) is 5.49. The quantitative estimate of drug-likeness (QED) is 0.763. The summed E-state index contributed by atoms with van der Waals surface area (Å²) in [5.41, 5.74) is 6.03. The van der Waals surface area contributed by atoms with Crippen LogP contribution < -0.4 is 0 Å². The number of hydrogen-bond donors (Lipinski definition) is 1. The van der Waals surface area contributed by atoms with Crippen molar-refractivity contribution in [3.8, 4) is 0 Å². The number of aryl methyl sites for hydroxylation is 1. The van der Waals surface area contributed by atoms with Gasteiger partial charge in [-0.1, -0.05) is 46.2 Å². The summed E-state index contributed by atoms with van der Waals surface area (Å²) in [5, 5.41) is 10.9. The lowest BCUT2D eigenvalue weighted by Gasteiger charge is -2.55. The standard InChI is InChI=1S/C20H30O/c1-6-14-13(2)8-9-15-18(14)16(21)12-17-19(3,4)10-7-11-20(15,17)5/h8-9,16-17,21H,6-7,10-12H2,1-5H3. The predicted octanol–water partition coefficient (Wildman–Crippen LogP) is 5.08. The third-order valence-electron chi connectivity index (χ3n) is 6.58. The van der Waals surface area contributed by atoms with Crippen molar-refractivity contribution >= 4 is 0 Å². The number of fused-ring (bicyclic) bond motifs is 3. The lowest BCUT2D eigenvalue weighted by Crippen LogP contribution is -2.49. The second-order valence-corrected chi connectivity index (χ2v) is 8.24. The van der Waals surface area contributed by atoms with Gasteiger partial charge in [-0.05, 0) is 71.6 Å². The first kappa shape index (κ1) is 15.1. The molecule has 1 N–H and O–H groups in total. The first-order valence-electron chi connectivity index (χ1n) is 8.62. The average molecular weight is 286 g/mol. The molecule has 0 heterocycles. The van der Waals surface area contributed by atoms with Gasteiger partial charge in [0.25, 0.3) is 0 Å². The highest BCUT2D eigenvalue weighted by Gasteiger charge is 2.52. The van der Waals surface area contributed by atoms with Gasteiger partial charge in [-0.3, -0.25) is 0 Å². The third kappa shape index (κ3) is 2.08. The average Bonchev–Trinajstić information content (AvgIpc) is 2.41. The van der Waals surface area contributed by atoms with Crippen LogP contribution in [0.2, 0.25) is 0 Å². The van der Waals surface area contributed by atoms with E-state index in [0.717, 1.165) is 12.8 Å². The summed E-state index contributed by atoms with van der Waals surface area (Å²) < 4.78 is 0. The van der Waals surface area contributed by atoms with Crippen molar-refractivity contribution in [1.82, 2.24) is 0 Å². The summed E-state index contributed by atoms with van der Waals surface area (Å²) in [4.78, 5) is 0. The normalized spacial score (nSPS) is 34.2. The lowest BCUT2D eigenvalue weighted by molar-refractivity contribution is -0.00712. The van der Waals surface area contributed by atoms with Crippen LogP contribution in [0.15, 0.2) is 12.1 Å². The molecule has 3 atom stereocenters. The van der Waals surface area contributed by atoms with Crippen LogP contribution in [0.5, 0.6) is 0 Å². The second kappa shape index (κ2) is 4.84. The van der Waals surface area contributed by atoms with Crippen LogP contribution in [-0.4, -0.2) is 5.11 Å². The van der Waals surface area contributed by atoms with Gasteiger partial charge in [-0.25, -0.2) is 0 Å². The fourth-order valence-electron chi connectivity index (χ4n) is 5.49. The Kier molecular flexibility index (Phi) is 3.48. The molecular formula is C20H30O. The first-order valence-corrected chi connectivity index (χ1v) is 8.62. The van der Waals surface area contributed by atoms with Crippen LogP contribution in [0.1, 0.15) is 81.7 Å². The minimum Gasteiger partial charge on any atom is -0.388 e. The van der Waals surface area contributed by atoms with Gasteiger partial charge in [0.15, 0.2) is 0 Å². The van der Waals surface area contributed by atoms with Crippen molar-refractivity contribution in [2.24, 2.45) is 11.3 Å². The molecule has 0 aliphatic heterocycles. The topological polar surface area (TPSA) is 20.2 Å². The molecule has 1 heteroatoms. The molecule has 2 aliphatic rings. The largest absolute Gasteiger partial charge is 0.388 e. The van der Waals surface area contributed by atoms with E-state index in [1.807, 2.05) is 0 Å². The van der Waals surface area contributed by atoms with E-state index < -0.39 is 0 Å². The van der Waals surface area contributed by atoms with Crippen molar-refractivity contribution < 1.29 is 5.11 Å². The van der Waals surface area contributed by atoms with E-state index in [1.165, 1.54) is 41.5 Å². The van der Waals surface area contributed by atoms with Gasteiger partial charge in [-0.15, -0.1) is 0 Å². The highest BCUT2D eigenvalue weighted by molar-refractivity contribution is 5.48. The maximum atomic E-state index is 10.9. The maximum Gasteiger partial charge on any atom is 0.0798 e. The number of aliphatic hydroxyl groups is 1. The summed E-state index contributed by atoms with van der Waals surface area (Å²) in [6, 6.07) is 4.60. The van der Waals surface area contributed by atoms with Crippen molar-refractivity contribution in [2.75, 3.05) is 0 Å². The Balaban J connectivity index is 2.22. The zero-order valence-electron chi connectivity index (χ0n) is 14.3. The van der Waals surface area contributed by atoms with Gasteiger partial charge in [-0.2, -0.15) is 0 Å². The molecular weight excluding hydrogens is 256 g/mol. The molecule has 1 saturated carbocycles. The van der Waals surface area contributed by atoms with Crippen LogP contribution in [0.25, 0.3) is 0 Å². The van der Waals surface area contributed by atoms with Crippen molar-refractivity contribution in [3.05, 3.63) is 34.4 Å². The minimum atomic E-state index is -0.273. The number of aliphatic hydroxyl groups excluding tert-OH is 1. The van der Waals surface area contributed by atoms with E-state index in [4.69, 9.17) is 0 Å². The molecule has 0 spiro atoms. The van der Waals surface area contributed by atoms with E-state index in [0.29, 0.717) is 11.3 Å². The molecule has 0 amide bonds. The minimum absolute atomic E-state index is 0.244. The Morgan fingerprint density at radius 2 is 1.90 bits per heavy atom. The van der Waals surface area contributed by atoms with Crippen LogP contribution >= 0.6 is 0 Å². The molecule has 0 aromatic heterocycles. The molecule has 0 bridgehead atoms. The molecule has 1 aromatic rings. The van der Waals surface area contributed by atoms with Gasteiger partial charge in [0.05, 0.1) is 6.10 Å². The SMILES string of the molecule is CCc1c(C)ccc2c1C(O)CC1C(C)(C)CCCC21C. The molecule has 116 valence electrons. The Morgan fingerprint density at radius 3 is 2.57 bits per heavy atom. The van der Waals surface area contributed by atoms with E-state index in [-0.39, 0.29) is 11.5 Å². The molecule has 1 fully saturated rings. The zero-order chi connectivity index (χ0) is 15.4. The first-order chi connectivity index (χ1) is 9.81. The van der Waals surface area contributed by atoms with Crippen molar-refractivity contribution in [1.29, 1.82) is 0 Å². The maximum absolute atomic E-state index is 10.9. The van der Waals surface area contributed by atoms with Crippen LogP contribution in [-0.2, 0) is 11.8 Å². The molecule has 1 nitrogen and oxygen atoms in total. The van der Waals surface area contributed by atoms with E-state index in [9.17, 15) is 5.11 Å². The van der Waals surface area contributed by atoms with Gasteiger partial charge in [0.1, 0.15) is 0 Å². The monoisotopic (exact) mass is 286 g/mol. The highest BCUT2D eigenvalue weighted by Crippen LogP contribution is 2.59. The second-order valence-electron chi connectivity index (χ2n) is 8.24. The van der Waals surface area contributed by atoms with Crippen LogP contribution in [0.3, 0.4) is 0 Å². The van der Waals surface area contributed by atoms with Gasteiger partial charge in [0, 0.05) is 0 Å². The van der Waals surface area contributed by atoms with Crippen molar-refractivity contribution in [2.45, 2.75) is 78.2 Å². The molecule has 0 saturated heterocycles. The summed E-state index contributed by atoms with van der Waals surface area (Å²) in [7, 11) is 0. The van der Waals surface area contributed by atoms with E-state index in [1.54, 1.807) is 0 Å². The molecule has 2 aliphatic carbocycles. The summed E-state index contributed by atoms with van der Waals surface area (Å²) >= 11 is 0. The number of rotatable bonds is 1.